The second-order valence-electron chi connectivity index (χ2n) is 7.56. The summed E-state index contributed by atoms with van der Waals surface area (Å²) in [6.07, 6.45) is 1.13. The number of benzene rings is 1. The maximum absolute atomic E-state index is 12.1. The van der Waals surface area contributed by atoms with E-state index in [0.29, 0.717) is 37.9 Å². The zero-order valence-electron chi connectivity index (χ0n) is 15.4. The molecule has 1 N–H and O–H groups in total. The lowest BCUT2D eigenvalue weighted by atomic mass is 9.85. The van der Waals surface area contributed by atoms with Crippen molar-refractivity contribution in [3.05, 3.63) is 35.4 Å². The Labute approximate surface area is 148 Å². The maximum Gasteiger partial charge on any atom is 0.410 e. The molecular weight excluding hydrogens is 322 g/mol. The third-order valence-electron chi connectivity index (χ3n) is 4.25. The Morgan fingerprint density at radius 2 is 1.72 bits per heavy atom. The van der Waals surface area contributed by atoms with Crippen molar-refractivity contribution in [2.75, 3.05) is 20.2 Å². The van der Waals surface area contributed by atoms with Crippen molar-refractivity contribution in [1.29, 1.82) is 0 Å². The van der Waals surface area contributed by atoms with E-state index in [1.165, 1.54) is 7.11 Å². The topological polar surface area (TPSA) is 76.1 Å². The predicted molar refractivity (Wildman–Crippen MR) is 93.5 cm³/mol. The van der Waals surface area contributed by atoms with Gasteiger partial charge in [-0.15, -0.1) is 0 Å². The molecule has 2 rings (SSSR count). The summed E-state index contributed by atoms with van der Waals surface area (Å²) >= 11 is 0. The molecule has 0 spiro atoms. The van der Waals surface area contributed by atoms with Gasteiger partial charge in [-0.3, -0.25) is 0 Å². The van der Waals surface area contributed by atoms with Gasteiger partial charge in [0, 0.05) is 19.5 Å². The van der Waals surface area contributed by atoms with Crippen molar-refractivity contribution in [1.82, 2.24) is 4.90 Å². The highest BCUT2D eigenvalue weighted by Crippen LogP contribution is 2.27. The monoisotopic (exact) mass is 349 g/mol. The number of hydrogen-bond acceptors (Lipinski definition) is 5. The molecule has 6 heteroatoms. The molecule has 1 aliphatic heterocycles. The number of nitrogens with zero attached hydrogens (tertiary/aromatic N) is 1. The van der Waals surface area contributed by atoms with Gasteiger partial charge in [-0.25, -0.2) is 9.59 Å². The molecule has 1 aromatic carbocycles. The van der Waals surface area contributed by atoms with Gasteiger partial charge in [-0.05, 0) is 51.3 Å². The lowest BCUT2D eigenvalue weighted by Crippen LogP contribution is -2.49. The predicted octanol–water partition coefficient (Wildman–Crippen LogP) is 2.78. The summed E-state index contributed by atoms with van der Waals surface area (Å²) in [5.74, 6) is -0.379. The molecule has 0 aliphatic carbocycles. The molecule has 25 heavy (non-hydrogen) atoms. The quantitative estimate of drug-likeness (QED) is 0.849. The molecule has 0 aromatic heterocycles. The molecule has 0 atom stereocenters. The van der Waals surface area contributed by atoms with Crippen LogP contribution >= 0.6 is 0 Å². The van der Waals surface area contributed by atoms with Gasteiger partial charge in [0.1, 0.15) is 5.60 Å². The highest BCUT2D eigenvalue weighted by molar-refractivity contribution is 5.89. The summed E-state index contributed by atoms with van der Waals surface area (Å²) in [6.45, 7) is 6.44. The molecule has 138 valence electrons. The zero-order valence-corrected chi connectivity index (χ0v) is 15.4. The van der Waals surface area contributed by atoms with Crippen molar-refractivity contribution in [2.24, 2.45) is 0 Å². The number of hydrogen-bond donors (Lipinski definition) is 1. The van der Waals surface area contributed by atoms with Crippen LogP contribution in [0.15, 0.2) is 24.3 Å². The third-order valence-corrected chi connectivity index (χ3v) is 4.25. The van der Waals surface area contributed by atoms with Crippen LogP contribution in [0.1, 0.15) is 49.5 Å². The first-order chi connectivity index (χ1) is 11.6. The van der Waals surface area contributed by atoms with Crippen LogP contribution in [-0.4, -0.2) is 53.5 Å². The van der Waals surface area contributed by atoms with E-state index >= 15 is 0 Å². The summed E-state index contributed by atoms with van der Waals surface area (Å²) < 4.78 is 10.0. The molecule has 1 saturated heterocycles. The average molecular weight is 349 g/mol. The minimum absolute atomic E-state index is 0.336. The van der Waals surface area contributed by atoms with Gasteiger partial charge in [-0.1, -0.05) is 12.1 Å². The van der Waals surface area contributed by atoms with E-state index in [2.05, 4.69) is 4.74 Å². The number of piperidine rings is 1. The van der Waals surface area contributed by atoms with Crippen LogP contribution in [0.4, 0.5) is 4.79 Å². The van der Waals surface area contributed by atoms with Crippen molar-refractivity contribution in [3.63, 3.8) is 0 Å². The Balaban J connectivity index is 1.92. The normalized spacial score (nSPS) is 17.1. The third kappa shape index (κ3) is 5.46. The number of amides is 1. The number of rotatable bonds is 3. The van der Waals surface area contributed by atoms with E-state index in [1.54, 1.807) is 17.0 Å². The van der Waals surface area contributed by atoms with E-state index in [0.717, 1.165) is 5.56 Å². The number of carbonyl (C=O) groups is 2. The van der Waals surface area contributed by atoms with Crippen LogP contribution in [0.25, 0.3) is 0 Å². The minimum atomic E-state index is -0.856. The Morgan fingerprint density at radius 1 is 1.16 bits per heavy atom. The molecule has 1 aliphatic rings. The lowest BCUT2D eigenvalue weighted by molar-refractivity contribution is -0.0315. The molecule has 0 bridgehead atoms. The Bertz CT molecular complexity index is 610. The number of methoxy groups -OCH3 is 1. The van der Waals surface area contributed by atoms with Crippen LogP contribution < -0.4 is 0 Å². The molecule has 1 aromatic rings. The zero-order chi connectivity index (χ0) is 18.7. The minimum Gasteiger partial charge on any atom is -0.465 e. The molecule has 6 nitrogen and oxygen atoms in total. The van der Waals surface area contributed by atoms with Crippen molar-refractivity contribution < 1.29 is 24.2 Å². The fourth-order valence-electron chi connectivity index (χ4n) is 2.87. The standard InChI is InChI=1S/C19H27NO5/c1-18(2,3)25-17(22)20-11-9-19(23,10-12-20)13-14-5-7-15(8-6-14)16(21)24-4/h5-8,23H,9-13H2,1-4H3. The van der Waals surface area contributed by atoms with E-state index in [1.807, 2.05) is 32.9 Å². The van der Waals surface area contributed by atoms with Gasteiger partial charge in [0.25, 0.3) is 0 Å². The number of carbonyl (C=O) groups excluding carboxylic acids is 2. The molecular formula is C19H27NO5. The SMILES string of the molecule is COC(=O)c1ccc(CC2(O)CCN(C(=O)OC(C)(C)C)CC2)cc1. The first-order valence-corrected chi connectivity index (χ1v) is 8.49. The smallest absolute Gasteiger partial charge is 0.410 e. The first-order valence-electron chi connectivity index (χ1n) is 8.49. The van der Waals surface area contributed by atoms with E-state index < -0.39 is 11.2 Å². The number of likely N-dealkylation sites (tertiary alicyclic amines) is 1. The van der Waals surface area contributed by atoms with E-state index in [4.69, 9.17) is 4.74 Å². The largest absolute Gasteiger partial charge is 0.465 e. The Kier molecular flexibility index (Phi) is 5.72. The van der Waals surface area contributed by atoms with Crippen molar-refractivity contribution >= 4 is 12.1 Å². The van der Waals surface area contributed by atoms with Gasteiger partial charge in [0.2, 0.25) is 0 Å². The molecule has 1 fully saturated rings. The van der Waals surface area contributed by atoms with Crippen molar-refractivity contribution in [2.45, 2.75) is 51.2 Å². The van der Waals surface area contributed by atoms with Crippen LogP contribution in [0.3, 0.4) is 0 Å². The number of aliphatic hydroxyl groups is 1. The van der Waals surface area contributed by atoms with Crippen LogP contribution in [0.5, 0.6) is 0 Å². The lowest BCUT2D eigenvalue weighted by Gasteiger charge is -2.38. The summed E-state index contributed by atoms with van der Waals surface area (Å²) in [4.78, 5) is 25.2. The number of ether oxygens (including phenoxy) is 2. The Morgan fingerprint density at radius 3 is 2.20 bits per heavy atom. The van der Waals surface area contributed by atoms with E-state index in [9.17, 15) is 14.7 Å². The van der Waals surface area contributed by atoms with Crippen LogP contribution in [0, 0.1) is 0 Å². The fourth-order valence-corrected chi connectivity index (χ4v) is 2.87. The molecule has 0 radical (unpaired) electrons. The van der Waals surface area contributed by atoms with Gasteiger partial charge >= 0.3 is 12.1 Å². The molecule has 0 unspecified atom stereocenters. The fraction of sp³-hybridized carbons (Fsp3) is 0.579. The second-order valence-corrected chi connectivity index (χ2v) is 7.56. The highest BCUT2D eigenvalue weighted by Gasteiger charge is 2.35. The van der Waals surface area contributed by atoms with Crippen LogP contribution in [-0.2, 0) is 15.9 Å². The Hall–Kier alpha value is -2.08. The average Bonchev–Trinajstić information content (AvgIpc) is 2.53. The van der Waals surface area contributed by atoms with E-state index in [-0.39, 0.29) is 12.1 Å². The first kappa shape index (κ1) is 19.2. The van der Waals surface area contributed by atoms with Gasteiger partial charge in [-0.2, -0.15) is 0 Å². The molecule has 1 amide bonds. The summed E-state index contributed by atoms with van der Waals surface area (Å²) in [5.41, 5.74) is 0.0520. The number of esters is 1. The maximum atomic E-state index is 12.1. The molecule has 1 heterocycles. The van der Waals surface area contributed by atoms with Crippen molar-refractivity contribution in [3.8, 4) is 0 Å². The summed E-state index contributed by atoms with van der Waals surface area (Å²) in [6, 6.07) is 7.04. The second kappa shape index (κ2) is 7.44. The van der Waals surface area contributed by atoms with Crippen LogP contribution in [0.2, 0.25) is 0 Å². The molecule has 0 saturated carbocycles. The highest BCUT2D eigenvalue weighted by atomic mass is 16.6. The summed E-state index contributed by atoms with van der Waals surface area (Å²) in [5, 5.41) is 10.8. The van der Waals surface area contributed by atoms with Gasteiger partial charge in [0.15, 0.2) is 0 Å². The van der Waals surface area contributed by atoms with Gasteiger partial charge < -0.3 is 19.5 Å². The van der Waals surface area contributed by atoms with Gasteiger partial charge in [0.05, 0.1) is 18.3 Å². The summed E-state index contributed by atoms with van der Waals surface area (Å²) in [7, 11) is 1.34.